The molecule has 3 nitrogen and oxygen atoms in total. The first kappa shape index (κ1) is 13.1. The van der Waals surface area contributed by atoms with Crippen molar-refractivity contribution in [1.29, 1.82) is 0 Å². The summed E-state index contributed by atoms with van der Waals surface area (Å²) >= 11 is 3.42. The van der Waals surface area contributed by atoms with E-state index >= 15 is 0 Å². The van der Waals surface area contributed by atoms with Gasteiger partial charge >= 0.3 is 0 Å². The molecule has 0 saturated heterocycles. The zero-order chi connectivity index (χ0) is 12.8. The van der Waals surface area contributed by atoms with E-state index in [0.717, 1.165) is 15.8 Å². The molecule has 1 aromatic carbocycles. The largest absolute Gasteiger partial charge is 0.493 e. The first-order chi connectivity index (χ1) is 8.79. The number of nitrogens with zero attached hydrogens (tertiary/aromatic N) is 1. The Kier molecular flexibility index (Phi) is 4.73. The van der Waals surface area contributed by atoms with E-state index in [1.165, 1.54) is 0 Å². The third-order valence-electron chi connectivity index (χ3n) is 2.69. The lowest BCUT2D eigenvalue weighted by molar-refractivity contribution is 0.290. The average Bonchev–Trinajstić information content (AvgIpc) is 2.41. The fraction of sp³-hybridized carbons (Fsp3) is 0.214. The predicted molar refractivity (Wildman–Crippen MR) is 75.7 cm³/mol. The van der Waals surface area contributed by atoms with Crippen molar-refractivity contribution >= 4 is 15.9 Å². The summed E-state index contributed by atoms with van der Waals surface area (Å²) in [5.74, 6) is 1.00. The number of aromatic nitrogens is 1. The highest BCUT2D eigenvalue weighted by atomic mass is 79.9. The van der Waals surface area contributed by atoms with E-state index in [1.807, 2.05) is 42.6 Å². The summed E-state index contributed by atoms with van der Waals surface area (Å²) in [6.07, 6.45) is 3.59. The lowest BCUT2D eigenvalue weighted by atomic mass is 10.0. The number of hydrogen-bond donors (Lipinski definition) is 1. The zero-order valence-electron chi connectivity index (χ0n) is 9.92. The summed E-state index contributed by atoms with van der Waals surface area (Å²) in [4.78, 5) is 4.10. The molecule has 1 aromatic heterocycles. The fourth-order valence-electron chi connectivity index (χ4n) is 1.67. The van der Waals surface area contributed by atoms with Gasteiger partial charge in [-0.2, -0.15) is 0 Å². The number of benzene rings is 1. The van der Waals surface area contributed by atoms with Crippen molar-refractivity contribution < 1.29 is 4.74 Å². The molecule has 4 heteroatoms. The number of ether oxygens (including phenoxy) is 1. The van der Waals surface area contributed by atoms with Crippen LogP contribution in [0.2, 0.25) is 0 Å². The Labute approximate surface area is 115 Å². The van der Waals surface area contributed by atoms with Crippen LogP contribution in [0.3, 0.4) is 0 Å². The van der Waals surface area contributed by atoms with Crippen molar-refractivity contribution in [2.24, 2.45) is 5.73 Å². The van der Waals surface area contributed by atoms with Crippen LogP contribution in [0.1, 0.15) is 11.5 Å². The molecular formula is C14H15BrN2O. The molecule has 0 spiro atoms. The van der Waals surface area contributed by atoms with Gasteiger partial charge in [-0.3, -0.25) is 4.98 Å². The molecular weight excluding hydrogens is 292 g/mol. The van der Waals surface area contributed by atoms with Gasteiger partial charge < -0.3 is 10.5 Å². The first-order valence-electron chi connectivity index (χ1n) is 5.78. The summed E-state index contributed by atoms with van der Waals surface area (Å²) in [6.45, 7) is 1.10. The van der Waals surface area contributed by atoms with Gasteiger partial charge in [-0.05, 0) is 29.8 Å². The quantitative estimate of drug-likeness (QED) is 0.924. The summed E-state index contributed by atoms with van der Waals surface area (Å²) in [5.41, 5.74) is 6.89. The van der Waals surface area contributed by atoms with Gasteiger partial charge in [0.1, 0.15) is 5.75 Å². The summed E-state index contributed by atoms with van der Waals surface area (Å²) in [6, 6.07) is 11.7. The number of rotatable bonds is 5. The Bertz CT molecular complexity index is 490. The van der Waals surface area contributed by atoms with Gasteiger partial charge in [-0.1, -0.05) is 28.1 Å². The Balaban J connectivity index is 2.00. The van der Waals surface area contributed by atoms with Gasteiger partial charge in [0.05, 0.1) is 6.61 Å². The highest BCUT2D eigenvalue weighted by Gasteiger charge is 2.10. The molecule has 2 N–H and O–H groups in total. The maximum Gasteiger partial charge on any atom is 0.120 e. The SMILES string of the molecule is NCC(COc1cccc(Br)c1)c1cccnc1. The monoisotopic (exact) mass is 306 g/mol. The topological polar surface area (TPSA) is 48.1 Å². The number of halogens is 1. The van der Waals surface area contributed by atoms with Crippen LogP contribution in [-0.4, -0.2) is 18.1 Å². The second kappa shape index (κ2) is 6.52. The summed E-state index contributed by atoms with van der Waals surface area (Å²) < 4.78 is 6.76. The van der Waals surface area contributed by atoms with E-state index in [4.69, 9.17) is 10.5 Å². The third kappa shape index (κ3) is 3.55. The molecule has 0 radical (unpaired) electrons. The lowest BCUT2D eigenvalue weighted by Gasteiger charge is -2.16. The molecule has 0 aliphatic carbocycles. The number of pyridine rings is 1. The van der Waals surface area contributed by atoms with Crippen LogP contribution >= 0.6 is 15.9 Å². The van der Waals surface area contributed by atoms with E-state index in [-0.39, 0.29) is 5.92 Å². The van der Waals surface area contributed by atoms with E-state index in [9.17, 15) is 0 Å². The Morgan fingerprint density at radius 2 is 2.17 bits per heavy atom. The van der Waals surface area contributed by atoms with Gasteiger partial charge in [0.2, 0.25) is 0 Å². The minimum atomic E-state index is 0.165. The van der Waals surface area contributed by atoms with Crippen molar-refractivity contribution in [3.05, 3.63) is 58.8 Å². The summed E-state index contributed by atoms with van der Waals surface area (Å²) in [7, 11) is 0. The molecule has 1 unspecified atom stereocenters. The van der Waals surface area contributed by atoms with Crippen LogP contribution in [0, 0.1) is 0 Å². The molecule has 0 aliphatic heterocycles. The molecule has 1 heterocycles. The minimum Gasteiger partial charge on any atom is -0.493 e. The maximum atomic E-state index is 5.78. The second-order valence-corrected chi connectivity index (χ2v) is 4.90. The molecule has 0 saturated carbocycles. The fourth-order valence-corrected chi connectivity index (χ4v) is 2.05. The summed E-state index contributed by atoms with van der Waals surface area (Å²) in [5, 5.41) is 0. The van der Waals surface area contributed by atoms with Gasteiger partial charge in [0, 0.05) is 29.3 Å². The van der Waals surface area contributed by atoms with Crippen LogP contribution in [0.4, 0.5) is 0 Å². The third-order valence-corrected chi connectivity index (χ3v) is 3.18. The van der Waals surface area contributed by atoms with Crippen LogP contribution in [0.15, 0.2) is 53.3 Å². The molecule has 2 rings (SSSR count). The molecule has 2 aromatic rings. The smallest absolute Gasteiger partial charge is 0.120 e. The minimum absolute atomic E-state index is 0.165. The number of hydrogen-bond acceptors (Lipinski definition) is 3. The van der Waals surface area contributed by atoms with Gasteiger partial charge in [0.25, 0.3) is 0 Å². The number of nitrogens with two attached hydrogens (primary N) is 1. The maximum absolute atomic E-state index is 5.78. The van der Waals surface area contributed by atoms with Crippen molar-refractivity contribution in [3.8, 4) is 5.75 Å². The molecule has 1 atom stereocenters. The Morgan fingerprint density at radius 3 is 2.83 bits per heavy atom. The van der Waals surface area contributed by atoms with Crippen molar-refractivity contribution in [2.75, 3.05) is 13.2 Å². The van der Waals surface area contributed by atoms with Gasteiger partial charge in [-0.25, -0.2) is 0 Å². The second-order valence-electron chi connectivity index (χ2n) is 3.99. The van der Waals surface area contributed by atoms with E-state index in [1.54, 1.807) is 6.20 Å². The van der Waals surface area contributed by atoms with Crippen molar-refractivity contribution in [2.45, 2.75) is 5.92 Å². The molecule has 94 valence electrons. The van der Waals surface area contributed by atoms with E-state index in [0.29, 0.717) is 13.2 Å². The van der Waals surface area contributed by atoms with E-state index < -0.39 is 0 Å². The zero-order valence-corrected chi connectivity index (χ0v) is 11.5. The highest BCUT2D eigenvalue weighted by molar-refractivity contribution is 9.10. The van der Waals surface area contributed by atoms with Crippen molar-refractivity contribution in [1.82, 2.24) is 4.98 Å². The first-order valence-corrected chi connectivity index (χ1v) is 6.57. The Morgan fingerprint density at radius 1 is 1.28 bits per heavy atom. The normalized spacial score (nSPS) is 12.1. The van der Waals surface area contributed by atoms with Gasteiger partial charge in [-0.15, -0.1) is 0 Å². The molecule has 18 heavy (non-hydrogen) atoms. The van der Waals surface area contributed by atoms with Crippen molar-refractivity contribution in [3.63, 3.8) is 0 Å². The van der Waals surface area contributed by atoms with E-state index in [2.05, 4.69) is 20.9 Å². The Hall–Kier alpha value is -1.39. The van der Waals surface area contributed by atoms with Crippen LogP contribution in [-0.2, 0) is 0 Å². The molecule has 0 amide bonds. The lowest BCUT2D eigenvalue weighted by Crippen LogP contribution is -2.19. The standard InChI is InChI=1S/C14H15BrN2O/c15-13-4-1-5-14(7-13)18-10-12(8-16)11-3-2-6-17-9-11/h1-7,9,12H,8,10,16H2. The van der Waals surface area contributed by atoms with Crippen LogP contribution in [0.5, 0.6) is 5.75 Å². The van der Waals surface area contributed by atoms with Crippen LogP contribution < -0.4 is 10.5 Å². The average molecular weight is 307 g/mol. The highest BCUT2D eigenvalue weighted by Crippen LogP contribution is 2.20. The molecule has 0 fully saturated rings. The molecule has 0 aliphatic rings. The van der Waals surface area contributed by atoms with Gasteiger partial charge in [0.15, 0.2) is 0 Å². The molecule has 0 bridgehead atoms. The van der Waals surface area contributed by atoms with Crippen LogP contribution in [0.25, 0.3) is 0 Å². The predicted octanol–water partition coefficient (Wildman–Crippen LogP) is 2.97.